The Kier molecular flexibility index (Phi) is 7.87. The van der Waals surface area contributed by atoms with Gasteiger partial charge in [0.2, 0.25) is 15.9 Å². The second-order valence-electron chi connectivity index (χ2n) is 7.02. The Morgan fingerprint density at radius 1 is 1.41 bits per heavy atom. The van der Waals surface area contributed by atoms with Gasteiger partial charge in [0, 0.05) is 39.4 Å². The van der Waals surface area contributed by atoms with Crippen molar-refractivity contribution < 1.29 is 26.4 Å². The van der Waals surface area contributed by atoms with Crippen LogP contribution in [0.15, 0.2) is 18.3 Å². The number of sulfonamides is 1. The molecule has 164 valence electrons. The number of piperidine rings is 1. The fraction of sp³-hybridized carbons (Fsp3) is 0.667. The van der Waals surface area contributed by atoms with Gasteiger partial charge >= 0.3 is 6.18 Å². The molecule has 1 amide bonds. The van der Waals surface area contributed by atoms with Gasteiger partial charge in [0.25, 0.3) is 0 Å². The van der Waals surface area contributed by atoms with E-state index in [2.05, 4.69) is 10.3 Å². The molecule has 0 bridgehead atoms. The molecule has 11 heteroatoms. The highest BCUT2D eigenvalue weighted by Gasteiger charge is 2.37. The zero-order valence-electron chi connectivity index (χ0n) is 16.6. The molecule has 2 heterocycles. The summed E-state index contributed by atoms with van der Waals surface area (Å²) in [5.74, 6) is -0.811. The summed E-state index contributed by atoms with van der Waals surface area (Å²) in [5, 5.41) is 2.76. The number of carbonyl (C=O) groups is 1. The van der Waals surface area contributed by atoms with Crippen molar-refractivity contribution in [3.8, 4) is 0 Å². The highest BCUT2D eigenvalue weighted by atomic mass is 32.2. The van der Waals surface area contributed by atoms with Gasteiger partial charge in [-0.25, -0.2) is 17.7 Å². The van der Waals surface area contributed by atoms with E-state index >= 15 is 0 Å². The number of rotatable bonds is 8. The lowest BCUT2D eigenvalue weighted by Gasteiger charge is -2.34. The molecule has 1 saturated heterocycles. The summed E-state index contributed by atoms with van der Waals surface area (Å²) in [4.78, 5) is 17.9. The van der Waals surface area contributed by atoms with Gasteiger partial charge in [0.05, 0.1) is 17.2 Å². The molecule has 1 atom stereocenters. The van der Waals surface area contributed by atoms with Crippen LogP contribution in [0.4, 0.5) is 19.0 Å². The van der Waals surface area contributed by atoms with Crippen molar-refractivity contribution >= 4 is 21.7 Å². The molecule has 1 unspecified atom stereocenters. The van der Waals surface area contributed by atoms with E-state index in [0.717, 1.165) is 6.07 Å². The lowest BCUT2D eigenvalue weighted by molar-refractivity contribution is -0.137. The second kappa shape index (κ2) is 9.75. The first-order valence-electron chi connectivity index (χ1n) is 9.55. The number of aromatic nitrogens is 1. The largest absolute Gasteiger partial charge is 0.419 e. The molecule has 0 aliphatic carbocycles. The molecule has 0 spiro atoms. The van der Waals surface area contributed by atoms with Crippen LogP contribution in [-0.4, -0.2) is 62.6 Å². The molecule has 29 heavy (non-hydrogen) atoms. The van der Waals surface area contributed by atoms with Crippen LogP contribution in [-0.2, 0) is 21.0 Å². The van der Waals surface area contributed by atoms with Gasteiger partial charge in [-0.05, 0) is 38.3 Å². The predicted molar refractivity (Wildman–Crippen MR) is 104 cm³/mol. The summed E-state index contributed by atoms with van der Waals surface area (Å²) in [6, 6.07) is 2.24. The number of anilines is 1. The minimum Gasteiger partial charge on any atom is -0.356 e. The lowest BCUT2D eigenvalue weighted by Crippen LogP contribution is -2.44. The summed E-state index contributed by atoms with van der Waals surface area (Å²) < 4.78 is 64.4. The Labute approximate surface area is 169 Å². The monoisotopic (exact) mass is 436 g/mol. The topological polar surface area (TPSA) is 82.6 Å². The van der Waals surface area contributed by atoms with E-state index in [0.29, 0.717) is 32.4 Å². The van der Waals surface area contributed by atoms with Crippen molar-refractivity contribution in [2.45, 2.75) is 32.4 Å². The van der Waals surface area contributed by atoms with Crippen LogP contribution >= 0.6 is 0 Å². The number of nitrogens with zero attached hydrogens (tertiary/aromatic N) is 3. The molecular formula is C18H27F3N4O3S. The number of amides is 1. The Hall–Kier alpha value is -1.88. The number of pyridine rings is 1. The molecule has 1 aromatic heterocycles. The van der Waals surface area contributed by atoms with E-state index in [4.69, 9.17) is 0 Å². The van der Waals surface area contributed by atoms with Gasteiger partial charge in [-0.15, -0.1) is 0 Å². The van der Waals surface area contributed by atoms with Gasteiger partial charge < -0.3 is 10.2 Å². The molecule has 1 aliphatic rings. The summed E-state index contributed by atoms with van der Waals surface area (Å²) in [5.41, 5.74) is -0.804. The third kappa shape index (κ3) is 6.30. The Bertz CT molecular complexity index is 802. The number of hydrogen-bond acceptors (Lipinski definition) is 5. The second-order valence-corrected chi connectivity index (χ2v) is 9.39. The third-order valence-electron chi connectivity index (χ3n) is 4.97. The SMILES string of the molecule is CCS(=O)(=O)N(C)CCCNC(=O)C1CCCN(c2ncccc2C(F)(F)F)C1. The first kappa shape index (κ1) is 23.4. The number of nitrogens with one attached hydrogen (secondary N) is 1. The van der Waals surface area contributed by atoms with Gasteiger partial charge in [-0.3, -0.25) is 4.79 Å². The van der Waals surface area contributed by atoms with E-state index in [1.165, 1.54) is 28.5 Å². The third-order valence-corrected chi connectivity index (χ3v) is 6.83. The molecule has 1 aliphatic heterocycles. The Morgan fingerprint density at radius 3 is 2.79 bits per heavy atom. The maximum Gasteiger partial charge on any atom is 0.419 e. The van der Waals surface area contributed by atoms with Crippen LogP contribution in [0.3, 0.4) is 0 Å². The van der Waals surface area contributed by atoms with Crippen LogP contribution in [0, 0.1) is 5.92 Å². The summed E-state index contributed by atoms with van der Waals surface area (Å²) in [6.45, 7) is 2.72. The molecule has 1 fully saturated rings. The van der Waals surface area contributed by atoms with Crippen LogP contribution in [0.2, 0.25) is 0 Å². The van der Waals surface area contributed by atoms with Crippen molar-refractivity contribution in [2.75, 3.05) is 43.9 Å². The smallest absolute Gasteiger partial charge is 0.356 e. The maximum absolute atomic E-state index is 13.2. The number of halogens is 3. The van der Waals surface area contributed by atoms with Crippen LogP contribution in [0.5, 0.6) is 0 Å². The average molecular weight is 437 g/mol. The summed E-state index contributed by atoms with van der Waals surface area (Å²) >= 11 is 0. The number of carbonyl (C=O) groups excluding carboxylic acids is 1. The van der Waals surface area contributed by atoms with E-state index in [-0.39, 0.29) is 30.6 Å². The highest BCUT2D eigenvalue weighted by Crippen LogP contribution is 2.36. The zero-order valence-corrected chi connectivity index (χ0v) is 17.4. The standard InChI is InChI=1S/C18H27F3N4O3S/c1-3-29(27,28)24(2)11-6-10-23-17(26)14-7-5-12-25(13-14)16-15(18(19,20)21)8-4-9-22-16/h4,8-9,14H,3,5-7,10-13H2,1-2H3,(H,23,26). The van der Waals surface area contributed by atoms with Crippen molar-refractivity contribution in [3.05, 3.63) is 23.9 Å². The normalized spacial score (nSPS) is 18.1. The molecule has 0 aromatic carbocycles. The molecular weight excluding hydrogens is 409 g/mol. The molecule has 7 nitrogen and oxygen atoms in total. The zero-order chi connectivity index (χ0) is 21.7. The average Bonchev–Trinajstić information content (AvgIpc) is 2.70. The molecule has 2 rings (SSSR count). The maximum atomic E-state index is 13.2. The minimum absolute atomic E-state index is 0.0151. The van der Waals surface area contributed by atoms with E-state index in [1.54, 1.807) is 6.92 Å². The summed E-state index contributed by atoms with van der Waals surface area (Å²) in [6.07, 6.45) is -1.57. The van der Waals surface area contributed by atoms with Gasteiger partial charge in [-0.2, -0.15) is 13.2 Å². The Morgan fingerprint density at radius 2 is 2.14 bits per heavy atom. The van der Waals surface area contributed by atoms with Crippen molar-refractivity contribution in [1.82, 2.24) is 14.6 Å². The van der Waals surface area contributed by atoms with E-state index < -0.39 is 27.7 Å². The van der Waals surface area contributed by atoms with Crippen molar-refractivity contribution in [3.63, 3.8) is 0 Å². The molecule has 1 N–H and O–H groups in total. The van der Waals surface area contributed by atoms with Gasteiger partial charge in [0.15, 0.2) is 0 Å². The molecule has 0 saturated carbocycles. The van der Waals surface area contributed by atoms with Crippen molar-refractivity contribution in [2.24, 2.45) is 5.92 Å². The van der Waals surface area contributed by atoms with Gasteiger partial charge in [-0.1, -0.05) is 0 Å². The van der Waals surface area contributed by atoms with Crippen LogP contribution in [0.25, 0.3) is 0 Å². The van der Waals surface area contributed by atoms with E-state index in [1.807, 2.05) is 0 Å². The summed E-state index contributed by atoms with van der Waals surface area (Å²) in [7, 11) is -1.77. The first-order chi connectivity index (χ1) is 13.6. The number of alkyl halides is 3. The van der Waals surface area contributed by atoms with Crippen LogP contribution in [0.1, 0.15) is 31.7 Å². The lowest BCUT2D eigenvalue weighted by atomic mass is 9.96. The van der Waals surface area contributed by atoms with Crippen LogP contribution < -0.4 is 10.2 Å². The van der Waals surface area contributed by atoms with Gasteiger partial charge in [0.1, 0.15) is 5.82 Å². The highest BCUT2D eigenvalue weighted by molar-refractivity contribution is 7.89. The minimum atomic E-state index is -4.51. The predicted octanol–water partition coefficient (Wildman–Crippen LogP) is 2.10. The molecule has 0 radical (unpaired) electrons. The number of hydrogen-bond donors (Lipinski definition) is 1. The quantitative estimate of drug-likeness (QED) is 0.631. The van der Waals surface area contributed by atoms with Crippen molar-refractivity contribution in [1.29, 1.82) is 0 Å². The van der Waals surface area contributed by atoms with E-state index in [9.17, 15) is 26.4 Å². The first-order valence-corrected chi connectivity index (χ1v) is 11.2. The molecule has 1 aromatic rings. The Balaban J connectivity index is 1.91. The fourth-order valence-electron chi connectivity index (χ4n) is 3.27. The fourth-order valence-corrected chi connectivity index (χ4v) is 4.12.